The number of hydrazone groups is 2. The summed E-state index contributed by atoms with van der Waals surface area (Å²) in [6.45, 7) is 0.0517. The van der Waals surface area contributed by atoms with Crippen LogP contribution in [0.1, 0.15) is 0 Å². The monoisotopic (exact) mass is 340 g/mol. The van der Waals surface area contributed by atoms with Crippen molar-refractivity contribution in [2.45, 2.75) is 18.3 Å². The van der Waals surface area contributed by atoms with Gasteiger partial charge in [0.1, 0.15) is 24.0 Å². The Kier molecular flexibility index (Phi) is 5.73. The number of hydrogen-bond donors (Lipinski definition) is 4. The lowest BCUT2D eigenvalue weighted by Gasteiger charge is -2.15. The van der Waals surface area contributed by atoms with Gasteiger partial charge >= 0.3 is 0 Å². The van der Waals surface area contributed by atoms with Gasteiger partial charge in [-0.2, -0.15) is 10.2 Å². The Morgan fingerprint density at radius 1 is 0.960 bits per heavy atom. The van der Waals surface area contributed by atoms with E-state index in [4.69, 9.17) is 4.74 Å². The van der Waals surface area contributed by atoms with E-state index >= 15 is 0 Å². The number of nitrogens with zero attached hydrogens (tertiary/aromatic N) is 2. The molecule has 0 amide bonds. The minimum atomic E-state index is -1.06. The van der Waals surface area contributed by atoms with Gasteiger partial charge in [0, 0.05) is 0 Å². The van der Waals surface area contributed by atoms with E-state index < -0.39 is 18.3 Å². The van der Waals surface area contributed by atoms with Crippen LogP contribution in [0.15, 0.2) is 70.9 Å². The summed E-state index contributed by atoms with van der Waals surface area (Å²) >= 11 is 0. The minimum Gasteiger partial charge on any atom is -0.388 e. The van der Waals surface area contributed by atoms with Crippen LogP contribution >= 0.6 is 0 Å². The third-order valence-corrected chi connectivity index (χ3v) is 3.69. The van der Waals surface area contributed by atoms with Gasteiger partial charge in [-0.15, -0.1) is 0 Å². The van der Waals surface area contributed by atoms with Crippen molar-refractivity contribution in [3.05, 3.63) is 60.7 Å². The first kappa shape index (κ1) is 17.1. The highest BCUT2D eigenvalue weighted by molar-refractivity contribution is 6.33. The van der Waals surface area contributed by atoms with E-state index in [1.807, 2.05) is 60.7 Å². The summed E-state index contributed by atoms with van der Waals surface area (Å²) in [5.74, 6) is 0. The molecule has 25 heavy (non-hydrogen) atoms. The molecule has 1 saturated heterocycles. The van der Waals surface area contributed by atoms with Crippen LogP contribution in [0.2, 0.25) is 0 Å². The van der Waals surface area contributed by atoms with Crippen LogP contribution in [0.25, 0.3) is 0 Å². The molecular weight excluding hydrogens is 320 g/mol. The fraction of sp³-hybridized carbons (Fsp3) is 0.222. The summed E-state index contributed by atoms with van der Waals surface area (Å²) in [5, 5.41) is 28.2. The Hall–Kier alpha value is -2.74. The van der Waals surface area contributed by atoms with E-state index in [1.165, 1.54) is 6.21 Å². The molecule has 0 spiro atoms. The predicted molar refractivity (Wildman–Crippen MR) is 97.8 cm³/mol. The van der Waals surface area contributed by atoms with Gasteiger partial charge in [-0.05, 0) is 24.3 Å². The molecule has 1 aliphatic rings. The number of para-hydroxylation sites is 2. The quantitative estimate of drug-likeness (QED) is 0.474. The topological polar surface area (TPSA) is 98.5 Å². The van der Waals surface area contributed by atoms with Crippen molar-refractivity contribution >= 4 is 23.3 Å². The van der Waals surface area contributed by atoms with Gasteiger partial charge in [0.25, 0.3) is 0 Å². The maximum atomic E-state index is 10.1. The summed E-state index contributed by atoms with van der Waals surface area (Å²) in [5.41, 5.74) is 7.77. The number of aliphatic hydroxyl groups excluding tert-OH is 2. The van der Waals surface area contributed by atoms with Crippen molar-refractivity contribution in [2.24, 2.45) is 10.2 Å². The van der Waals surface area contributed by atoms with Gasteiger partial charge in [-0.25, -0.2) is 0 Å². The molecule has 0 bridgehead atoms. The molecule has 7 heteroatoms. The van der Waals surface area contributed by atoms with E-state index in [-0.39, 0.29) is 6.61 Å². The van der Waals surface area contributed by atoms with E-state index in [2.05, 4.69) is 21.1 Å². The molecule has 130 valence electrons. The van der Waals surface area contributed by atoms with Crippen molar-refractivity contribution in [3.8, 4) is 0 Å². The zero-order valence-corrected chi connectivity index (χ0v) is 13.5. The molecule has 0 radical (unpaired) electrons. The molecule has 0 saturated carbocycles. The van der Waals surface area contributed by atoms with Crippen LogP contribution in [0.5, 0.6) is 0 Å². The van der Waals surface area contributed by atoms with E-state index in [1.54, 1.807) is 0 Å². The fourth-order valence-electron chi connectivity index (χ4n) is 2.35. The maximum absolute atomic E-state index is 10.1. The van der Waals surface area contributed by atoms with Gasteiger partial charge in [0.15, 0.2) is 0 Å². The standard InChI is InChI=1S/C18H20N4O3/c23-16-12-25-18(17(16)24)15(22-21-14-9-5-2-6-10-14)11-19-20-13-7-3-1-4-8-13/h1-11,16-18,20-21,23-24H,12H2. The molecule has 3 rings (SSSR count). The summed E-state index contributed by atoms with van der Waals surface area (Å²) in [6.07, 6.45) is -1.29. The first-order valence-electron chi connectivity index (χ1n) is 7.94. The average Bonchev–Trinajstić information content (AvgIpc) is 2.99. The molecule has 1 heterocycles. The Labute approximate surface area is 145 Å². The van der Waals surface area contributed by atoms with Crippen LogP contribution in [0, 0.1) is 0 Å². The normalized spacial score (nSPS) is 23.8. The number of anilines is 2. The molecule has 0 aliphatic carbocycles. The van der Waals surface area contributed by atoms with Crippen LogP contribution in [0.3, 0.4) is 0 Å². The third kappa shape index (κ3) is 4.63. The van der Waals surface area contributed by atoms with Crippen molar-refractivity contribution < 1.29 is 14.9 Å². The zero-order chi connectivity index (χ0) is 17.5. The Morgan fingerprint density at radius 3 is 2.12 bits per heavy atom. The second kappa shape index (κ2) is 8.39. The Morgan fingerprint density at radius 2 is 1.56 bits per heavy atom. The van der Waals surface area contributed by atoms with Gasteiger partial charge < -0.3 is 14.9 Å². The smallest absolute Gasteiger partial charge is 0.131 e. The van der Waals surface area contributed by atoms with Crippen molar-refractivity contribution in [1.82, 2.24) is 0 Å². The molecule has 1 fully saturated rings. The van der Waals surface area contributed by atoms with Crippen LogP contribution in [0.4, 0.5) is 11.4 Å². The summed E-state index contributed by atoms with van der Waals surface area (Å²) in [7, 11) is 0. The van der Waals surface area contributed by atoms with Crippen molar-refractivity contribution in [2.75, 3.05) is 17.5 Å². The first-order valence-corrected chi connectivity index (χ1v) is 7.94. The third-order valence-electron chi connectivity index (χ3n) is 3.69. The summed E-state index contributed by atoms with van der Waals surface area (Å²) in [4.78, 5) is 0. The predicted octanol–water partition coefficient (Wildman–Crippen LogP) is 1.67. The maximum Gasteiger partial charge on any atom is 0.131 e. The highest BCUT2D eigenvalue weighted by Crippen LogP contribution is 2.16. The number of aliphatic hydroxyl groups is 2. The largest absolute Gasteiger partial charge is 0.388 e. The Balaban J connectivity index is 1.74. The minimum absolute atomic E-state index is 0.0517. The van der Waals surface area contributed by atoms with Gasteiger partial charge in [0.05, 0.1) is 24.2 Å². The first-order chi connectivity index (χ1) is 12.2. The van der Waals surface area contributed by atoms with Crippen LogP contribution in [-0.2, 0) is 4.74 Å². The highest BCUT2D eigenvalue weighted by Gasteiger charge is 2.37. The molecular formula is C18H20N4O3. The second-order valence-corrected chi connectivity index (χ2v) is 5.56. The number of benzene rings is 2. The van der Waals surface area contributed by atoms with Crippen LogP contribution in [-0.4, -0.2) is 47.1 Å². The molecule has 0 aromatic heterocycles. The SMILES string of the molecule is OC1COC(C(C=NNc2ccccc2)=NNc2ccccc2)C1O. The molecule has 1 aliphatic heterocycles. The second-order valence-electron chi connectivity index (χ2n) is 5.56. The summed E-state index contributed by atoms with van der Waals surface area (Å²) in [6, 6.07) is 18.8. The fourth-order valence-corrected chi connectivity index (χ4v) is 2.35. The van der Waals surface area contributed by atoms with E-state index in [9.17, 15) is 10.2 Å². The number of ether oxygens (including phenoxy) is 1. The summed E-state index contributed by atoms with van der Waals surface area (Å²) < 4.78 is 5.44. The van der Waals surface area contributed by atoms with E-state index in [0.29, 0.717) is 5.71 Å². The van der Waals surface area contributed by atoms with Gasteiger partial charge in [-0.1, -0.05) is 36.4 Å². The lowest BCUT2D eigenvalue weighted by molar-refractivity contribution is 0.0476. The molecule has 3 atom stereocenters. The number of hydrogen-bond acceptors (Lipinski definition) is 7. The molecule has 2 aromatic carbocycles. The zero-order valence-electron chi connectivity index (χ0n) is 13.5. The molecule has 7 nitrogen and oxygen atoms in total. The lowest BCUT2D eigenvalue weighted by Crippen LogP contribution is -2.37. The van der Waals surface area contributed by atoms with Gasteiger partial charge in [-0.3, -0.25) is 10.9 Å². The van der Waals surface area contributed by atoms with E-state index in [0.717, 1.165) is 11.4 Å². The van der Waals surface area contributed by atoms with Crippen LogP contribution < -0.4 is 10.9 Å². The lowest BCUT2D eigenvalue weighted by atomic mass is 10.1. The molecule has 2 aromatic rings. The molecule has 3 unspecified atom stereocenters. The van der Waals surface area contributed by atoms with Crippen molar-refractivity contribution in [1.29, 1.82) is 0 Å². The van der Waals surface area contributed by atoms with Gasteiger partial charge in [0.2, 0.25) is 0 Å². The molecule has 4 N–H and O–H groups in total. The van der Waals surface area contributed by atoms with Crippen molar-refractivity contribution in [3.63, 3.8) is 0 Å². The average molecular weight is 340 g/mol. The number of nitrogens with one attached hydrogen (secondary N) is 2. The highest BCUT2D eigenvalue weighted by atomic mass is 16.5. The Bertz CT molecular complexity index is 722. The number of rotatable bonds is 6.